The Morgan fingerprint density at radius 3 is 0.957 bits per heavy atom. The van der Waals surface area contributed by atoms with E-state index < -0.39 is 6.10 Å². The maximum atomic E-state index is 12.8. The molecule has 0 spiro atoms. The highest BCUT2D eigenvalue weighted by molar-refractivity contribution is 5.71. The number of esters is 3. The van der Waals surface area contributed by atoms with Crippen LogP contribution in [0.4, 0.5) is 0 Å². The SMILES string of the molecule is CC/C=C\C/C=C\C/C=C\C/C=C\CCC(=O)OC(COC(=O)CCCCCCC/C=C\CCCCCC)COC(=O)CCCCCCCCCCCCCCC/C=C\CCCCCCCCCC. The van der Waals surface area contributed by atoms with Gasteiger partial charge in [0.25, 0.3) is 0 Å². The Hall–Kier alpha value is -3.15. The van der Waals surface area contributed by atoms with Gasteiger partial charge in [-0.3, -0.25) is 14.4 Å². The van der Waals surface area contributed by atoms with E-state index in [9.17, 15) is 14.4 Å². The summed E-state index contributed by atoms with van der Waals surface area (Å²) in [6, 6.07) is 0. The molecule has 0 heterocycles. The van der Waals surface area contributed by atoms with Crippen molar-refractivity contribution >= 4 is 17.9 Å². The predicted molar refractivity (Wildman–Crippen MR) is 298 cm³/mol. The lowest BCUT2D eigenvalue weighted by atomic mass is 10.0. The molecule has 0 fully saturated rings. The van der Waals surface area contributed by atoms with E-state index in [2.05, 4.69) is 81.5 Å². The quantitative estimate of drug-likeness (QED) is 0.0262. The van der Waals surface area contributed by atoms with Gasteiger partial charge in [0.05, 0.1) is 0 Å². The molecular formula is C63H110O6. The number of unbranched alkanes of at least 4 members (excludes halogenated alkanes) is 30. The zero-order valence-electron chi connectivity index (χ0n) is 45.6. The Bertz CT molecular complexity index is 1290. The first-order chi connectivity index (χ1) is 34.0. The van der Waals surface area contributed by atoms with E-state index in [1.54, 1.807) is 0 Å². The van der Waals surface area contributed by atoms with Gasteiger partial charge in [0.1, 0.15) is 13.2 Å². The molecule has 0 rings (SSSR count). The Morgan fingerprint density at radius 1 is 0.304 bits per heavy atom. The predicted octanol–water partition coefficient (Wildman–Crippen LogP) is 19.8. The second-order valence-corrected chi connectivity index (χ2v) is 19.5. The highest BCUT2D eigenvalue weighted by atomic mass is 16.6. The fraction of sp³-hybridized carbons (Fsp3) is 0.762. The Balaban J connectivity index is 4.28. The Kier molecular flexibility index (Phi) is 54.8. The lowest BCUT2D eigenvalue weighted by Gasteiger charge is -2.18. The number of carbonyl (C=O) groups is 3. The summed E-state index contributed by atoms with van der Waals surface area (Å²) in [6.07, 6.45) is 73.6. The van der Waals surface area contributed by atoms with Crippen molar-refractivity contribution in [3.63, 3.8) is 0 Å². The summed E-state index contributed by atoms with van der Waals surface area (Å²) in [5, 5.41) is 0. The van der Waals surface area contributed by atoms with Gasteiger partial charge in [0.2, 0.25) is 0 Å². The van der Waals surface area contributed by atoms with Crippen molar-refractivity contribution in [2.24, 2.45) is 0 Å². The Labute approximate surface area is 427 Å². The van der Waals surface area contributed by atoms with E-state index in [4.69, 9.17) is 14.2 Å². The Morgan fingerprint density at radius 2 is 0.594 bits per heavy atom. The molecule has 0 aromatic rings. The molecule has 69 heavy (non-hydrogen) atoms. The van der Waals surface area contributed by atoms with Gasteiger partial charge in [0.15, 0.2) is 6.10 Å². The molecule has 1 atom stereocenters. The van der Waals surface area contributed by atoms with Crippen LogP contribution in [0.3, 0.4) is 0 Å². The van der Waals surface area contributed by atoms with Crippen molar-refractivity contribution in [3.05, 3.63) is 72.9 Å². The molecule has 0 aliphatic carbocycles. The topological polar surface area (TPSA) is 78.9 Å². The van der Waals surface area contributed by atoms with Crippen molar-refractivity contribution in [2.75, 3.05) is 13.2 Å². The third-order valence-electron chi connectivity index (χ3n) is 12.7. The third kappa shape index (κ3) is 55.6. The van der Waals surface area contributed by atoms with Crippen LogP contribution in [0.5, 0.6) is 0 Å². The van der Waals surface area contributed by atoms with Crippen LogP contribution in [0.15, 0.2) is 72.9 Å². The molecule has 398 valence electrons. The molecule has 0 N–H and O–H groups in total. The summed E-state index contributed by atoms with van der Waals surface area (Å²) in [6.45, 7) is 6.46. The number of hydrogen-bond acceptors (Lipinski definition) is 6. The van der Waals surface area contributed by atoms with Crippen molar-refractivity contribution in [1.82, 2.24) is 0 Å². The van der Waals surface area contributed by atoms with Gasteiger partial charge in [-0.1, -0.05) is 248 Å². The van der Waals surface area contributed by atoms with Crippen LogP contribution in [-0.4, -0.2) is 37.2 Å². The molecular weight excluding hydrogens is 853 g/mol. The fourth-order valence-electron chi connectivity index (χ4n) is 8.27. The fourth-order valence-corrected chi connectivity index (χ4v) is 8.27. The lowest BCUT2D eigenvalue weighted by Crippen LogP contribution is -2.30. The standard InChI is InChI=1S/C63H110O6/c1-4-7-10-13-16-19-22-25-26-27-28-29-30-31-32-33-34-35-36-39-41-44-47-50-53-56-62(65)68-59-60(69-63(66)57-54-51-48-45-42-38-24-21-18-15-12-9-6-3)58-67-61(64)55-52-49-46-43-40-37-23-20-17-14-11-8-5-2/h9,12,18,20-21,23,27-28,38,42,48,51,60H,4-8,10-11,13-17,19,22,24-26,29-37,39-41,43-47,49-50,52-59H2,1-3H3/b12-9-,21-18-,23-20-,28-27-,42-38-,51-48-. The summed E-state index contributed by atoms with van der Waals surface area (Å²) in [7, 11) is 0. The smallest absolute Gasteiger partial charge is 0.306 e. The van der Waals surface area contributed by atoms with Gasteiger partial charge in [-0.2, -0.15) is 0 Å². The average molecular weight is 964 g/mol. The summed E-state index contributed by atoms with van der Waals surface area (Å²) < 4.78 is 16.8. The first-order valence-corrected chi connectivity index (χ1v) is 29.4. The minimum absolute atomic E-state index is 0.105. The number of allylic oxidation sites excluding steroid dienone is 12. The zero-order chi connectivity index (χ0) is 50.0. The summed E-state index contributed by atoms with van der Waals surface area (Å²) in [5.74, 6) is -0.990. The summed E-state index contributed by atoms with van der Waals surface area (Å²) in [4.78, 5) is 38.0. The average Bonchev–Trinajstić information content (AvgIpc) is 3.35. The second kappa shape index (κ2) is 57.4. The number of hydrogen-bond donors (Lipinski definition) is 0. The zero-order valence-corrected chi connectivity index (χ0v) is 45.6. The minimum atomic E-state index is -0.816. The van der Waals surface area contributed by atoms with E-state index in [1.807, 2.05) is 12.2 Å². The first-order valence-electron chi connectivity index (χ1n) is 29.4. The maximum absolute atomic E-state index is 12.8. The maximum Gasteiger partial charge on any atom is 0.306 e. The molecule has 6 nitrogen and oxygen atoms in total. The second-order valence-electron chi connectivity index (χ2n) is 19.5. The van der Waals surface area contributed by atoms with E-state index in [-0.39, 0.29) is 37.5 Å². The number of ether oxygens (including phenoxy) is 3. The van der Waals surface area contributed by atoms with Crippen LogP contribution in [0, 0.1) is 0 Å². The molecule has 0 aromatic carbocycles. The van der Waals surface area contributed by atoms with Crippen LogP contribution in [0.1, 0.15) is 290 Å². The monoisotopic (exact) mass is 963 g/mol. The molecule has 0 aliphatic rings. The molecule has 0 radical (unpaired) electrons. The van der Waals surface area contributed by atoms with Crippen molar-refractivity contribution in [2.45, 2.75) is 297 Å². The van der Waals surface area contributed by atoms with Crippen LogP contribution < -0.4 is 0 Å². The number of carbonyl (C=O) groups excluding carboxylic acids is 3. The van der Waals surface area contributed by atoms with Gasteiger partial charge >= 0.3 is 17.9 Å². The van der Waals surface area contributed by atoms with Gasteiger partial charge in [0, 0.05) is 19.3 Å². The van der Waals surface area contributed by atoms with Crippen molar-refractivity contribution in [1.29, 1.82) is 0 Å². The van der Waals surface area contributed by atoms with E-state index in [0.29, 0.717) is 19.3 Å². The summed E-state index contributed by atoms with van der Waals surface area (Å²) >= 11 is 0. The molecule has 0 aromatic heterocycles. The van der Waals surface area contributed by atoms with Crippen molar-refractivity contribution < 1.29 is 28.6 Å². The van der Waals surface area contributed by atoms with Crippen molar-refractivity contribution in [3.8, 4) is 0 Å². The van der Waals surface area contributed by atoms with E-state index in [0.717, 1.165) is 77.0 Å². The summed E-state index contributed by atoms with van der Waals surface area (Å²) in [5.41, 5.74) is 0. The van der Waals surface area contributed by atoms with Crippen LogP contribution in [-0.2, 0) is 28.6 Å². The van der Waals surface area contributed by atoms with Gasteiger partial charge in [-0.25, -0.2) is 0 Å². The van der Waals surface area contributed by atoms with Gasteiger partial charge in [-0.15, -0.1) is 0 Å². The lowest BCUT2D eigenvalue weighted by molar-refractivity contribution is -0.166. The minimum Gasteiger partial charge on any atom is -0.462 e. The number of rotatable bonds is 53. The molecule has 0 bridgehead atoms. The van der Waals surface area contributed by atoms with Crippen LogP contribution >= 0.6 is 0 Å². The highest BCUT2D eigenvalue weighted by Crippen LogP contribution is 2.16. The van der Waals surface area contributed by atoms with Crippen LogP contribution in [0.2, 0.25) is 0 Å². The van der Waals surface area contributed by atoms with Crippen LogP contribution in [0.25, 0.3) is 0 Å². The third-order valence-corrected chi connectivity index (χ3v) is 12.7. The van der Waals surface area contributed by atoms with E-state index in [1.165, 1.54) is 167 Å². The van der Waals surface area contributed by atoms with Gasteiger partial charge in [-0.05, 0) is 96.3 Å². The van der Waals surface area contributed by atoms with E-state index >= 15 is 0 Å². The molecule has 1 unspecified atom stereocenters. The molecule has 0 aliphatic heterocycles. The molecule has 0 amide bonds. The molecule has 6 heteroatoms. The van der Waals surface area contributed by atoms with Gasteiger partial charge < -0.3 is 14.2 Å². The molecule has 0 saturated heterocycles. The largest absolute Gasteiger partial charge is 0.462 e. The first kappa shape index (κ1) is 65.8. The molecule has 0 saturated carbocycles. The highest BCUT2D eigenvalue weighted by Gasteiger charge is 2.19. The normalized spacial score (nSPS) is 12.6.